The first-order valence-electron chi connectivity index (χ1n) is 8.26. The summed E-state index contributed by atoms with van der Waals surface area (Å²) in [4.78, 5) is 25.8. The molecule has 1 aliphatic carbocycles. The highest BCUT2D eigenvalue weighted by atomic mass is 16.2. The average Bonchev–Trinajstić information content (AvgIpc) is 3.38. The van der Waals surface area contributed by atoms with Gasteiger partial charge in [-0.05, 0) is 37.2 Å². The minimum atomic E-state index is 0.0422. The van der Waals surface area contributed by atoms with Crippen molar-refractivity contribution in [3.8, 4) is 0 Å². The van der Waals surface area contributed by atoms with E-state index in [0.717, 1.165) is 12.8 Å². The molecule has 1 atom stereocenters. The summed E-state index contributed by atoms with van der Waals surface area (Å²) >= 11 is 0. The van der Waals surface area contributed by atoms with Gasteiger partial charge in [-0.1, -0.05) is 30.3 Å². The highest BCUT2D eigenvalue weighted by molar-refractivity contribution is 5.80. The molecule has 0 bridgehead atoms. The minimum Gasteiger partial charge on any atom is -0.349 e. The molecule has 0 spiro atoms. The highest BCUT2D eigenvalue weighted by Gasteiger charge is 2.35. The number of nitrogens with zero attached hydrogens (tertiary/aromatic N) is 1. The Morgan fingerprint density at radius 3 is 2.27 bits per heavy atom. The smallest absolute Gasteiger partial charge is 0.223 e. The van der Waals surface area contributed by atoms with Gasteiger partial charge < -0.3 is 10.2 Å². The molecule has 4 heteroatoms. The fourth-order valence-electron chi connectivity index (χ4n) is 3.29. The normalized spacial score (nSPS) is 20.5. The first kappa shape index (κ1) is 15.1. The molecule has 1 saturated heterocycles. The van der Waals surface area contributed by atoms with Crippen LogP contribution in [0.4, 0.5) is 0 Å². The van der Waals surface area contributed by atoms with Crippen LogP contribution in [-0.2, 0) is 9.59 Å². The van der Waals surface area contributed by atoms with Crippen LogP contribution in [0.15, 0.2) is 30.3 Å². The fraction of sp³-hybridized carbons (Fsp3) is 0.556. The first-order valence-corrected chi connectivity index (χ1v) is 8.26. The standard InChI is InChI=1S/C18H24N2O2/c1-13(21)20-11-9-16(10-12-20)18(22)19-17(15-7-8-15)14-5-3-2-4-6-14/h2-6,15-17H,7-12H2,1H3,(H,19,22). The number of carbonyl (C=O) groups is 2. The van der Waals surface area contributed by atoms with Gasteiger partial charge in [-0.2, -0.15) is 0 Å². The molecule has 3 rings (SSSR count). The lowest BCUT2D eigenvalue weighted by Crippen LogP contribution is -2.43. The molecule has 118 valence electrons. The summed E-state index contributed by atoms with van der Waals surface area (Å²) in [7, 11) is 0. The number of carbonyl (C=O) groups excluding carboxylic acids is 2. The zero-order valence-electron chi connectivity index (χ0n) is 13.1. The minimum absolute atomic E-state index is 0.0422. The predicted octanol–water partition coefficient (Wildman–Crippen LogP) is 2.51. The Hall–Kier alpha value is -1.84. The summed E-state index contributed by atoms with van der Waals surface area (Å²) in [6, 6.07) is 10.4. The summed E-state index contributed by atoms with van der Waals surface area (Å²) in [6.07, 6.45) is 3.94. The van der Waals surface area contributed by atoms with Gasteiger partial charge in [0.05, 0.1) is 6.04 Å². The molecule has 1 aromatic carbocycles. The largest absolute Gasteiger partial charge is 0.349 e. The Morgan fingerprint density at radius 2 is 1.73 bits per heavy atom. The zero-order chi connectivity index (χ0) is 15.5. The third kappa shape index (κ3) is 3.49. The van der Waals surface area contributed by atoms with Crippen molar-refractivity contribution in [3.63, 3.8) is 0 Å². The van der Waals surface area contributed by atoms with Crippen molar-refractivity contribution in [2.45, 2.75) is 38.6 Å². The molecule has 2 amide bonds. The van der Waals surface area contributed by atoms with Crippen molar-refractivity contribution in [2.24, 2.45) is 11.8 Å². The molecule has 1 saturated carbocycles. The van der Waals surface area contributed by atoms with Crippen LogP contribution < -0.4 is 5.32 Å². The van der Waals surface area contributed by atoms with E-state index >= 15 is 0 Å². The van der Waals surface area contributed by atoms with Crippen molar-refractivity contribution in [1.82, 2.24) is 10.2 Å². The van der Waals surface area contributed by atoms with E-state index in [2.05, 4.69) is 17.4 Å². The van der Waals surface area contributed by atoms with Crippen LogP contribution >= 0.6 is 0 Å². The second-order valence-corrected chi connectivity index (χ2v) is 6.51. The van der Waals surface area contributed by atoms with Crippen LogP contribution in [-0.4, -0.2) is 29.8 Å². The summed E-state index contributed by atoms with van der Waals surface area (Å²) in [6.45, 7) is 3.00. The lowest BCUT2D eigenvalue weighted by atomic mass is 9.94. The van der Waals surface area contributed by atoms with E-state index in [1.807, 2.05) is 23.1 Å². The van der Waals surface area contributed by atoms with E-state index in [1.54, 1.807) is 6.92 Å². The summed E-state index contributed by atoms with van der Waals surface area (Å²) in [5, 5.41) is 3.27. The predicted molar refractivity (Wildman–Crippen MR) is 85.0 cm³/mol. The van der Waals surface area contributed by atoms with E-state index in [0.29, 0.717) is 19.0 Å². The number of hydrogen-bond acceptors (Lipinski definition) is 2. The lowest BCUT2D eigenvalue weighted by Gasteiger charge is -2.31. The average molecular weight is 300 g/mol. The third-order valence-corrected chi connectivity index (χ3v) is 4.86. The van der Waals surface area contributed by atoms with Crippen molar-refractivity contribution in [2.75, 3.05) is 13.1 Å². The highest BCUT2D eigenvalue weighted by Crippen LogP contribution is 2.41. The number of hydrogen-bond donors (Lipinski definition) is 1. The molecule has 1 aliphatic heterocycles. The van der Waals surface area contributed by atoms with Gasteiger partial charge >= 0.3 is 0 Å². The topological polar surface area (TPSA) is 49.4 Å². The molecular weight excluding hydrogens is 276 g/mol. The Morgan fingerprint density at radius 1 is 1.09 bits per heavy atom. The van der Waals surface area contributed by atoms with Gasteiger partial charge in [-0.15, -0.1) is 0 Å². The monoisotopic (exact) mass is 300 g/mol. The summed E-state index contributed by atoms with van der Waals surface area (Å²) < 4.78 is 0. The van der Waals surface area contributed by atoms with Gasteiger partial charge in [0.1, 0.15) is 0 Å². The van der Waals surface area contributed by atoms with E-state index < -0.39 is 0 Å². The molecule has 4 nitrogen and oxygen atoms in total. The van der Waals surface area contributed by atoms with Crippen LogP contribution in [0.3, 0.4) is 0 Å². The van der Waals surface area contributed by atoms with Gasteiger partial charge in [-0.25, -0.2) is 0 Å². The second kappa shape index (κ2) is 6.51. The van der Waals surface area contributed by atoms with Gasteiger partial charge in [0, 0.05) is 25.9 Å². The van der Waals surface area contributed by atoms with Crippen molar-refractivity contribution < 1.29 is 9.59 Å². The number of piperidine rings is 1. The third-order valence-electron chi connectivity index (χ3n) is 4.86. The van der Waals surface area contributed by atoms with E-state index in [1.165, 1.54) is 18.4 Å². The number of likely N-dealkylation sites (tertiary alicyclic amines) is 1. The first-order chi connectivity index (χ1) is 10.6. The summed E-state index contributed by atoms with van der Waals surface area (Å²) in [5.41, 5.74) is 1.21. The van der Waals surface area contributed by atoms with Crippen LogP contribution in [0.25, 0.3) is 0 Å². The Kier molecular flexibility index (Phi) is 4.46. The Labute approximate surface area is 131 Å². The maximum atomic E-state index is 12.6. The molecule has 1 heterocycles. The molecule has 2 aliphatic rings. The van der Waals surface area contributed by atoms with E-state index in [-0.39, 0.29) is 23.8 Å². The molecule has 1 aromatic rings. The molecular formula is C18H24N2O2. The molecule has 1 unspecified atom stereocenters. The quantitative estimate of drug-likeness (QED) is 0.929. The van der Waals surface area contributed by atoms with Crippen LogP contribution in [0, 0.1) is 11.8 Å². The van der Waals surface area contributed by atoms with Crippen LogP contribution in [0.1, 0.15) is 44.2 Å². The molecule has 1 N–H and O–H groups in total. The van der Waals surface area contributed by atoms with Crippen LogP contribution in [0.2, 0.25) is 0 Å². The van der Waals surface area contributed by atoms with Gasteiger partial charge in [0.2, 0.25) is 11.8 Å². The van der Waals surface area contributed by atoms with E-state index in [9.17, 15) is 9.59 Å². The maximum absolute atomic E-state index is 12.6. The molecule has 2 fully saturated rings. The number of nitrogens with one attached hydrogen (secondary N) is 1. The number of benzene rings is 1. The molecule has 22 heavy (non-hydrogen) atoms. The van der Waals surface area contributed by atoms with Crippen molar-refractivity contribution >= 4 is 11.8 Å². The molecule has 0 radical (unpaired) electrons. The SMILES string of the molecule is CC(=O)N1CCC(C(=O)NC(c2ccccc2)C2CC2)CC1. The van der Waals surface area contributed by atoms with Gasteiger partial charge in [0.15, 0.2) is 0 Å². The Balaban J connectivity index is 1.59. The zero-order valence-corrected chi connectivity index (χ0v) is 13.1. The van der Waals surface area contributed by atoms with Crippen LogP contribution in [0.5, 0.6) is 0 Å². The molecule has 0 aromatic heterocycles. The van der Waals surface area contributed by atoms with E-state index in [4.69, 9.17) is 0 Å². The maximum Gasteiger partial charge on any atom is 0.223 e. The number of rotatable bonds is 4. The van der Waals surface area contributed by atoms with Gasteiger partial charge in [-0.3, -0.25) is 9.59 Å². The second-order valence-electron chi connectivity index (χ2n) is 6.51. The lowest BCUT2D eigenvalue weighted by molar-refractivity contribution is -0.134. The van der Waals surface area contributed by atoms with Gasteiger partial charge in [0.25, 0.3) is 0 Å². The van der Waals surface area contributed by atoms with Crippen molar-refractivity contribution in [1.29, 1.82) is 0 Å². The Bertz CT molecular complexity index is 531. The number of amides is 2. The van der Waals surface area contributed by atoms with Crippen molar-refractivity contribution in [3.05, 3.63) is 35.9 Å². The summed E-state index contributed by atoms with van der Waals surface area (Å²) in [5.74, 6) is 0.896. The fourth-order valence-corrected chi connectivity index (χ4v) is 3.29.